The number of nitrogens with zero attached hydrogens (tertiary/aromatic N) is 1. The topological polar surface area (TPSA) is 63.2 Å². The lowest BCUT2D eigenvalue weighted by molar-refractivity contribution is -0.120. The molecule has 2 rings (SSSR count). The molecule has 1 amide bonds. The molecule has 0 fully saturated rings. The van der Waals surface area contributed by atoms with E-state index in [1.807, 2.05) is 44.2 Å². The molecule has 5 nitrogen and oxygen atoms in total. The Bertz CT molecular complexity index is 634. The van der Waals surface area contributed by atoms with E-state index < -0.39 is 0 Å². The van der Waals surface area contributed by atoms with Crippen molar-refractivity contribution in [1.29, 1.82) is 0 Å². The van der Waals surface area contributed by atoms with Gasteiger partial charge in [0.25, 0.3) is 0 Å². The molecular formula is C17H24ClN3O2S. The number of carbonyl (C=O) groups excluding carboxylic acids is 1. The molecular weight excluding hydrogens is 346 g/mol. The van der Waals surface area contributed by atoms with E-state index in [-0.39, 0.29) is 30.9 Å². The maximum Gasteiger partial charge on any atom is 0.234 e. The number of hydrogen-bond acceptors (Lipinski definition) is 5. The molecule has 2 aromatic rings. The second kappa shape index (κ2) is 10.4. The van der Waals surface area contributed by atoms with Gasteiger partial charge in [0, 0.05) is 19.2 Å². The van der Waals surface area contributed by atoms with E-state index in [0.29, 0.717) is 13.2 Å². The molecule has 0 aliphatic rings. The molecule has 2 N–H and O–H groups in total. The molecule has 0 bridgehead atoms. The number of aryl methyl sites for hydroxylation is 1. The van der Waals surface area contributed by atoms with Gasteiger partial charge in [-0.3, -0.25) is 4.79 Å². The minimum Gasteiger partial charge on any atom is -0.383 e. The monoisotopic (exact) mass is 369 g/mol. The fourth-order valence-electron chi connectivity index (χ4n) is 2.25. The second-order valence-electron chi connectivity index (χ2n) is 5.29. The molecule has 0 saturated heterocycles. The highest BCUT2D eigenvalue weighted by Crippen LogP contribution is 2.31. The quantitative estimate of drug-likeness (QED) is 0.702. The minimum absolute atomic E-state index is 0. The molecule has 0 spiro atoms. The van der Waals surface area contributed by atoms with E-state index in [9.17, 15) is 4.79 Å². The maximum absolute atomic E-state index is 11.9. The van der Waals surface area contributed by atoms with Gasteiger partial charge in [-0.05, 0) is 13.8 Å². The Morgan fingerprint density at radius 2 is 2.04 bits per heavy atom. The zero-order valence-corrected chi connectivity index (χ0v) is 15.8. The first-order valence-electron chi connectivity index (χ1n) is 7.63. The molecule has 7 heteroatoms. The number of aromatic nitrogens is 1. The van der Waals surface area contributed by atoms with E-state index in [2.05, 4.69) is 15.6 Å². The van der Waals surface area contributed by atoms with E-state index >= 15 is 0 Å². The van der Waals surface area contributed by atoms with Crippen molar-refractivity contribution in [3.63, 3.8) is 0 Å². The third-order valence-electron chi connectivity index (χ3n) is 3.39. The van der Waals surface area contributed by atoms with Gasteiger partial charge in [-0.1, -0.05) is 30.3 Å². The number of rotatable bonds is 8. The number of ether oxygens (including phenoxy) is 1. The Labute approximate surface area is 153 Å². The Hall–Kier alpha value is -1.47. The Balaban J connectivity index is 0.00000288. The second-order valence-corrected chi connectivity index (χ2v) is 6.32. The van der Waals surface area contributed by atoms with Crippen LogP contribution in [0.4, 0.5) is 0 Å². The standard InChI is InChI=1S/C17H23N3O2S.ClH/c1-12(19-15(21)11-18-9-10-22-3)16-13(2)20-17(23-16)14-7-5-4-6-8-14;/h4-8,12,18H,9-11H2,1-3H3,(H,19,21);1H. The predicted molar refractivity (Wildman–Crippen MR) is 101 cm³/mol. The van der Waals surface area contributed by atoms with Crippen LogP contribution in [0.1, 0.15) is 23.5 Å². The number of hydrogen-bond donors (Lipinski definition) is 2. The van der Waals surface area contributed by atoms with Gasteiger partial charge in [0.1, 0.15) is 5.01 Å². The average molecular weight is 370 g/mol. The van der Waals surface area contributed by atoms with Crippen LogP contribution in [0, 0.1) is 6.92 Å². The lowest BCUT2D eigenvalue weighted by Crippen LogP contribution is -2.36. The van der Waals surface area contributed by atoms with Crippen molar-refractivity contribution in [1.82, 2.24) is 15.6 Å². The summed E-state index contributed by atoms with van der Waals surface area (Å²) in [6.07, 6.45) is 0. The third-order valence-corrected chi connectivity index (χ3v) is 4.78. The zero-order valence-electron chi connectivity index (χ0n) is 14.2. The average Bonchev–Trinajstić information content (AvgIpc) is 2.94. The first-order valence-corrected chi connectivity index (χ1v) is 8.45. The van der Waals surface area contributed by atoms with Crippen LogP contribution in [-0.4, -0.2) is 37.7 Å². The van der Waals surface area contributed by atoms with Crippen molar-refractivity contribution >= 4 is 29.7 Å². The van der Waals surface area contributed by atoms with Crippen LogP contribution in [-0.2, 0) is 9.53 Å². The maximum atomic E-state index is 11.9. The first kappa shape index (κ1) is 20.6. The van der Waals surface area contributed by atoms with Crippen LogP contribution in [0.2, 0.25) is 0 Å². The van der Waals surface area contributed by atoms with Crippen molar-refractivity contribution in [2.75, 3.05) is 26.8 Å². The molecule has 0 radical (unpaired) electrons. The number of nitrogens with one attached hydrogen (secondary N) is 2. The summed E-state index contributed by atoms with van der Waals surface area (Å²) in [6.45, 7) is 5.52. The van der Waals surface area contributed by atoms with Crippen LogP contribution < -0.4 is 10.6 Å². The summed E-state index contributed by atoms with van der Waals surface area (Å²) < 4.78 is 4.93. The molecule has 1 unspecified atom stereocenters. The number of thiazole rings is 1. The largest absolute Gasteiger partial charge is 0.383 e. The molecule has 0 saturated carbocycles. The SMILES string of the molecule is COCCNCC(=O)NC(C)c1sc(-c2ccccc2)nc1C.Cl. The Morgan fingerprint density at radius 3 is 2.71 bits per heavy atom. The number of carbonyl (C=O) groups is 1. The van der Waals surface area contributed by atoms with Gasteiger partial charge in [-0.15, -0.1) is 23.7 Å². The highest BCUT2D eigenvalue weighted by molar-refractivity contribution is 7.15. The molecule has 0 aliphatic carbocycles. The van der Waals surface area contributed by atoms with Gasteiger partial charge in [0.2, 0.25) is 5.91 Å². The molecule has 1 atom stereocenters. The van der Waals surface area contributed by atoms with Crippen molar-refractivity contribution in [3.05, 3.63) is 40.9 Å². The summed E-state index contributed by atoms with van der Waals surface area (Å²) in [6, 6.07) is 10.0. The number of methoxy groups -OCH3 is 1. The smallest absolute Gasteiger partial charge is 0.234 e. The van der Waals surface area contributed by atoms with E-state index in [4.69, 9.17) is 4.74 Å². The van der Waals surface area contributed by atoms with E-state index in [1.54, 1.807) is 18.4 Å². The molecule has 1 heterocycles. The van der Waals surface area contributed by atoms with Crippen LogP contribution in [0.5, 0.6) is 0 Å². The summed E-state index contributed by atoms with van der Waals surface area (Å²) in [5.41, 5.74) is 2.07. The van der Waals surface area contributed by atoms with E-state index in [0.717, 1.165) is 21.1 Å². The van der Waals surface area contributed by atoms with Crippen LogP contribution in [0.3, 0.4) is 0 Å². The minimum atomic E-state index is -0.0540. The van der Waals surface area contributed by atoms with E-state index in [1.165, 1.54) is 0 Å². The summed E-state index contributed by atoms with van der Waals surface area (Å²) >= 11 is 1.63. The zero-order chi connectivity index (χ0) is 16.7. The van der Waals surface area contributed by atoms with Crippen LogP contribution in [0.25, 0.3) is 10.6 Å². The summed E-state index contributed by atoms with van der Waals surface area (Å²) in [5, 5.41) is 7.03. The van der Waals surface area contributed by atoms with Crippen molar-refractivity contribution in [3.8, 4) is 10.6 Å². The Kier molecular flexibility index (Phi) is 8.92. The first-order chi connectivity index (χ1) is 11.1. The summed E-state index contributed by atoms with van der Waals surface area (Å²) in [5.74, 6) is -0.0253. The molecule has 24 heavy (non-hydrogen) atoms. The predicted octanol–water partition coefficient (Wildman–Crippen LogP) is 2.95. The molecule has 0 aliphatic heterocycles. The van der Waals surface area contributed by atoms with Crippen molar-refractivity contribution < 1.29 is 9.53 Å². The fraction of sp³-hybridized carbons (Fsp3) is 0.412. The van der Waals surface area contributed by atoms with Gasteiger partial charge in [-0.2, -0.15) is 0 Å². The lowest BCUT2D eigenvalue weighted by atomic mass is 10.2. The number of benzene rings is 1. The highest BCUT2D eigenvalue weighted by Gasteiger charge is 2.16. The normalized spacial score (nSPS) is 11.6. The van der Waals surface area contributed by atoms with Gasteiger partial charge in [0.15, 0.2) is 0 Å². The third kappa shape index (κ3) is 5.87. The van der Waals surface area contributed by atoms with Crippen LogP contribution in [0.15, 0.2) is 30.3 Å². The van der Waals surface area contributed by atoms with Crippen molar-refractivity contribution in [2.45, 2.75) is 19.9 Å². The van der Waals surface area contributed by atoms with Gasteiger partial charge in [0.05, 0.1) is 29.8 Å². The van der Waals surface area contributed by atoms with Crippen molar-refractivity contribution in [2.24, 2.45) is 0 Å². The van der Waals surface area contributed by atoms with Gasteiger partial charge >= 0.3 is 0 Å². The molecule has 1 aromatic heterocycles. The molecule has 132 valence electrons. The van der Waals surface area contributed by atoms with Gasteiger partial charge in [-0.25, -0.2) is 4.98 Å². The number of halogens is 1. The fourth-order valence-corrected chi connectivity index (χ4v) is 3.32. The molecule has 1 aromatic carbocycles. The summed E-state index contributed by atoms with van der Waals surface area (Å²) in [7, 11) is 1.64. The summed E-state index contributed by atoms with van der Waals surface area (Å²) in [4.78, 5) is 17.7. The highest BCUT2D eigenvalue weighted by atomic mass is 35.5. The lowest BCUT2D eigenvalue weighted by Gasteiger charge is -2.13. The van der Waals surface area contributed by atoms with Crippen LogP contribution >= 0.6 is 23.7 Å². The van der Waals surface area contributed by atoms with Gasteiger partial charge < -0.3 is 15.4 Å². The number of amides is 1. The Morgan fingerprint density at radius 1 is 1.33 bits per heavy atom.